The maximum atomic E-state index is 5.33. The van der Waals surface area contributed by atoms with Gasteiger partial charge in [0.15, 0.2) is 0 Å². The first-order valence-corrected chi connectivity index (χ1v) is 4.30. The predicted molar refractivity (Wildman–Crippen MR) is 49.1 cm³/mol. The van der Waals surface area contributed by atoms with Crippen LogP contribution >= 0.6 is 0 Å². The Balaban J connectivity index is 2.14. The Morgan fingerprint density at radius 3 is 3.08 bits per heavy atom. The molecule has 1 aliphatic heterocycles. The van der Waals surface area contributed by atoms with E-state index in [9.17, 15) is 0 Å². The molecule has 1 saturated heterocycles. The summed E-state index contributed by atoms with van der Waals surface area (Å²) in [4.78, 5) is 0. The summed E-state index contributed by atoms with van der Waals surface area (Å²) in [6.07, 6.45) is 7.07. The van der Waals surface area contributed by atoms with Crippen molar-refractivity contribution in [3.8, 4) is 12.3 Å². The van der Waals surface area contributed by atoms with Crippen LogP contribution < -0.4 is 0 Å². The molecular weight excluding hydrogens is 164 g/mol. The van der Waals surface area contributed by atoms with Crippen LogP contribution in [0.4, 0.5) is 0 Å². The summed E-state index contributed by atoms with van der Waals surface area (Å²) in [5.74, 6) is 2.61. The van der Waals surface area contributed by atoms with E-state index in [2.05, 4.69) is 17.9 Å². The minimum Gasteiger partial charge on any atom is -0.380 e. The molecule has 0 radical (unpaired) electrons. The third kappa shape index (κ3) is 1.45. The SMILES string of the molecule is C#Cc1ccnn1CC1(C)COC1. The van der Waals surface area contributed by atoms with E-state index in [-0.39, 0.29) is 5.41 Å². The largest absolute Gasteiger partial charge is 0.380 e. The van der Waals surface area contributed by atoms with E-state index in [1.807, 2.05) is 10.7 Å². The van der Waals surface area contributed by atoms with Gasteiger partial charge in [-0.2, -0.15) is 5.10 Å². The zero-order valence-electron chi connectivity index (χ0n) is 7.66. The second-order valence-electron chi connectivity index (χ2n) is 3.82. The van der Waals surface area contributed by atoms with Gasteiger partial charge < -0.3 is 4.74 Å². The monoisotopic (exact) mass is 176 g/mol. The number of nitrogens with zero attached hydrogens (tertiary/aromatic N) is 2. The van der Waals surface area contributed by atoms with Gasteiger partial charge in [0.2, 0.25) is 0 Å². The summed E-state index contributed by atoms with van der Waals surface area (Å²) in [6, 6.07) is 1.85. The Bertz CT molecular complexity index is 344. The molecule has 0 spiro atoms. The number of hydrogen-bond acceptors (Lipinski definition) is 2. The predicted octanol–water partition coefficient (Wildman–Crippen LogP) is 0.901. The summed E-state index contributed by atoms with van der Waals surface area (Å²) in [6.45, 7) is 4.63. The van der Waals surface area contributed by atoms with Crippen molar-refractivity contribution in [1.82, 2.24) is 9.78 Å². The minimum atomic E-state index is 0.220. The molecular formula is C10H12N2O. The lowest BCUT2D eigenvalue weighted by Crippen LogP contribution is -2.43. The summed E-state index contributed by atoms with van der Waals surface area (Å²) in [5.41, 5.74) is 1.06. The lowest BCUT2D eigenvalue weighted by Gasteiger charge is -2.37. The second-order valence-corrected chi connectivity index (χ2v) is 3.82. The fraction of sp³-hybridized carbons (Fsp3) is 0.500. The van der Waals surface area contributed by atoms with E-state index in [0.717, 1.165) is 25.5 Å². The van der Waals surface area contributed by atoms with E-state index in [0.29, 0.717) is 0 Å². The Hall–Kier alpha value is -1.27. The molecule has 3 heteroatoms. The van der Waals surface area contributed by atoms with Crippen LogP contribution in [0.2, 0.25) is 0 Å². The van der Waals surface area contributed by atoms with Crippen LogP contribution in [0.15, 0.2) is 12.3 Å². The molecule has 1 aliphatic rings. The van der Waals surface area contributed by atoms with Crippen LogP contribution in [0.1, 0.15) is 12.6 Å². The Labute approximate surface area is 77.7 Å². The van der Waals surface area contributed by atoms with Gasteiger partial charge in [0.1, 0.15) is 5.69 Å². The summed E-state index contributed by atoms with van der Waals surface area (Å²) < 4.78 is 7.03. The van der Waals surface area contributed by atoms with E-state index >= 15 is 0 Å². The number of ether oxygens (including phenoxy) is 1. The summed E-state index contributed by atoms with van der Waals surface area (Å²) in [5, 5.41) is 4.17. The fourth-order valence-electron chi connectivity index (χ4n) is 1.48. The maximum Gasteiger partial charge on any atom is 0.110 e. The van der Waals surface area contributed by atoms with Crippen molar-refractivity contribution in [3.05, 3.63) is 18.0 Å². The van der Waals surface area contributed by atoms with Crippen molar-refractivity contribution >= 4 is 0 Å². The van der Waals surface area contributed by atoms with Crippen molar-refractivity contribution in [2.24, 2.45) is 5.41 Å². The molecule has 0 bridgehead atoms. The van der Waals surface area contributed by atoms with Crippen LogP contribution in [0, 0.1) is 17.8 Å². The summed E-state index contributed by atoms with van der Waals surface area (Å²) in [7, 11) is 0. The average Bonchev–Trinajstić information content (AvgIpc) is 2.49. The van der Waals surface area contributed by atoms with E-state index in [1.54, 1.807) is 6.20 Å². The van der Waals surface area contributed by atoms with Crippen LogP contribution in [-0.2, 0) is 11.3 Å². The van der Waals surface area contributed by atoms with Crippen molar-refractivity contribution < 1.29 is 4.74 Å². The first-order valence-electron chi connectivity index (χ1n) is 4.30. The normalized spacial score (nSPS) is 19.1. The molecule has 0 unspecified atom stereocenters. The zero-order chi connectivity index (χ0) is 9.31. The number of terminal acetylenes is 1. The number of rotatable bonds is 2. The Morgan fingerprint density at radius 1 is 1.77 bits per heavy atom. The molecule has 3 nitrogen and oxygen atoms in total. The summed E-state index contributed by atoms with van der Waals surface area (Å²) >= 11 is 0. The molecule has 2 heterocycles. The van der Waals surface area contributed by atoms with Gasteiger partial charge in [-0.15, -0.1) is 6.42 Å². The second kappa shape index (κ2) is 2.90. The molecule has 0 atom stereocenters. The maximum absolute atomic E-state index is 5.33. The van der Waals surface area contributed by atoms with E-state index in [1.165, 1.54) is 0 Å². The molecule has 1 aromatic rings. The third-order valence-electron chi connectivity index (χ3n) is 2.30. The van der Waals surface area contributed by atoms with Crippen LogP contribution in [0.3, 0.4) is 0 Å². The first-order chi connectivity index (χ1) is 6.23. The highest BCUT2D eigenvalue weighted by Crippen LogP contribution is 2.28. The Morgan fingerprint density at radius 2 is 2.54 bits per heavy atom. The average molecular weight is 176 g/mol. The molecule has 13 heavy (non-hydrogen) atoms. The highest BCUT2D eigenvalue weighted by Gasteiger charge is 2.34. The third-order valence-corrected chi connectivity index (χ3v) is 2.30. The highest BCUT2D eigenvalue weighted by atomic mass is 16.5. The molecule has 0 N–H and O–H groups in total. The van der Waals surface area contributed by atoms with Gasteiger partial charge in [0.25, 0.3) is 0 Å². The standard InChI is InChI=1S/C10H12N2O/c1-3-9-4-5-11-12(9)6-10(2)7-13-8-10/h1,4-5H,6-8H2,2H3. The molecule has 2 rings (SSSR count). The van der Waals surface area contributed by atoms with Crippen molar-refractivity contribution in [1.29, 1.82) is 0 Å². The smallest absolute Gasteiger partial charge is 0.110 e. The van der Waals surface area contributed by atoms with Crippen LogP contribution in [0.25, 0.3) is 0 Å². The van der Waals surface area contributed by atoms with Gasteiger partial charge in [-0.05, 0) is 6.07 Å². The van der Waals surface area contributed by atoms with E-state index < -0.39 is 0 Å². The van der Waals surface area contributed by atoms with Gasteiger partial charge in [0, 0.05) is 5.41 Å². The molecule has 0 amide bonds. The number of aromatic nitrogens is 2. The quantitative estimate of drug-likeness (QED) is 0.626. The van der Waals surface area contributed by atoms with Gasteiger partial charge in [0.05, 0.1) is 26.0 Å². The molecule has 1 fully saturated rings. The highest BCUT2D eigenvalue weighted by molar-refractivity contribution is 5.23. The topological polar surface area (TPSA) is 27.1 Å². The zero-order valence-corrected chi connectivity index (χ0v) is 7.66. The van der Waals surface area contributed by atoms with Gasteiger partial charge in [-0.25, -0.2) is 0 Å². The number of hydrogen-bond donors (Lipinski definition) is 0. The van der Waals surface area contributed by atoms with Crippen molar-refractivity contribution in [2.45, 2.75) is 13.5 Å². The molecule has 1 aromatic heterocycles. The van der Waals surface area contributed by atoms with Crippen molar-refractivity contribution in [3.63, 3.8) is 0 Å². The molecule has 0 aromatic carbocycles. The van der Waals surface area contributed by atoms with Crippen LogP contribution in [-0.4, -0.2) is 23.0 Å². The first kappa shape index (κ1) is 8.33. The van der Waals surface area contributed by atoms with Crippen molar-refractivity contribution in [2.75, 3.05) is 13.2 Å². The van der Waals surface area contributed by atoms with E-state index in [4.69, 9.17) is 11.2 Å². The lowest BCUT2D eigenvalue weighted by molar-refractivity contribution is -0.111. The minimum absolute atomic E-state index is 0.220. The lowest BCUT2D eigenvalue weighted by atomic mass is 9.89. The molecule has 68 valence electrons. The fourth-order valence-corrected chi connectivity index (χ4v) is 1.48. The van der Waals surface area contributed by atoms with Crippen LogP contribution in [0.5, 0.6) is 0 Å². The van der Waals surface area contributed by atoms with Gasteiger partial charge in [-0.1, -0.05) is 12.8 Å². The van der Waals surface area contributed by atoms with Gasteiger partial charge >= 0.3 is 0 Å². The van der Waals surface area contributed by atoms with Gasteiger partial charge in [-0.3, -0.25) is 4.68 Å². The molecule has 0 saturated carbocycles. The Kier molecular flexibility index (Phi) is 1.86. The molecule has 0 aliphatic carbocycles.